The standard InChI is InChI=1S/C19H30N4O4/c1-17(2)9-14(22-13-24)10-19(5,11-17)12-21-16(27)23(8-6-7-20)18(3,4)15(25)26/h14H,6,8-12H2,1-5H3,(H,21,27)(H,25,26). The number of amides is 2. The molecule has 1 rings (SSSR count). The summed E-state index contributed by atoms with van der Waals surface area (Å²) in [5, 5.41) is 21.1. The van der Waals surface area contributed by atoms with Gasteiger partial charge in [-0.05, 0) is 43.9 Å². The van der Waals surface area contributed by atoms with E-state index in [1.807, 2.05) is 13.0 Å². The zero-order valence-electron chi connectivity index (χ0n) is 16.8. The molecular formula is C19H30N4O4. The van der Waals surface area contributed by atoms with Gasteiger partial charge in [-0.2, -0.15) is 5.26 Å². The Bertz CT molecular complexity index is 661. The fourth-order valence-corrected chi connectivity index (χ4v) is 4.18. The van der Waals surface area contributed by atoms with E-state index in [1.165, 1.54) is 18.7 Å². The van der Waals surface area contributed by atoms with Gasteiger partial charge in [0, 0.05) is 13.1 Å². The first kappa shape index (κ1) is 22.7. The van der Waals surface area contributed by atoms with Gasteiger partial charge in [0.2, 0.25) is 6.08 Å². The molecule has 1 aliphatic rings. The lowest BCUT2D eigenvalue weighted by Crippen LogP contribution is -2.57. The summed E-state index contributed by atoms with van der Waals surface area (Å²) in [6.45, 7) is 9.47. The number of carbonyl (C=O) groups is 2. The number of carboxylic acids is 1. The molecule has 0 spiro atoms. The van der Waals surface area contributed by atoms with Crippen LogP contribution in [0.1, 0.15) is 60.3 Å². The summed E-state index contributed by atoms with van der Waals surface area (Å²) < 4.78 is 0. The van der Waals surface area contributed by atoms with Crippen LogP contribution < -0.4 is 5.32 Å². The molecular weight excluding hydrogens is 348 g/mol. The summed E-state index contributed by atoms with van der Waals surface area (Å²) in [6, 6.07) is 1.29. The van der Waals surface area contributed by atoms with Crippen molar-refractivity contribution in [2.75, 3.05) is 13.1 Å². The largest absolute Gasteiger partial charge is 0.480 e. The minimum atomic E-state index is -1.43. The van der Waals surface area contributed by atoms with Crippen LogP contribution in [-0.4, -0.2) is 52.8 Å². The molecule has 1 saturated carbocycles. The van der Waals surface area contributed by atoms with Crippen molar-refractivity contribution >= 4 is 18.1 Å². The van der Waals surface area contributed by atoms with Gasteiger partial charge in [-0.15, -0.1) is 0 Å². The van der Waals surface area contributed by atoms with Crippen LogP contribution in [0.4, 0.5) is 4.79 Å². The van der Waals surface area contributed by atoms with Gasteiger partial charge in [-0.25, -0.2) is 19.4 Å². The minimum Gasteiger partial charge on any atom is -0.480 e. The maximum atomic E-state index is 12.7. The molecule has 0 aromatic rings. The maximum Gasteiger partial charge on any atom is 0.329 e. The fourth-order valence-electron chi connectivity index (χ4n) is 4.18. The van der Waals surface area contributed by atoms with E-state index in [4.69, 9.17) is 5.26 Å². The Hall–Kier alpha value is -2.39. The van der Waals surface area contributed by atoms with Gasteiger partial charge in [0.15, 0.2) is 0 Å². The average Bonchev–Trinajstić information content (AvgIpc) is 2.51. The molecule has 2 atom stereocenters. The van der Waals surface area contributed by atoms with Gasteiger partial charge in [0.25, 0.3) is 0 Å². The number of carboxylic acid groups (broad SMARTS) is 1. The zero-order chi connectivity index (χ0) is 20.9. The number of aliphatic carboxylic acids is 1. The third kappa shape index (κ3) is 6.07. The van der Waals surface area contributed by atoms with Crippen LogP contribution in [0.2, 0.25) is 0 Å². The van der Waals surface area contributed by atoms with Crippen molar-refractivity contribution in [3.05, 3.63) is 0 Å². The molecule has 0 radical (unpaired) electrons. The van der Waals surface area contributed by atoms with Crippen LogP contribution in [0.3, 0.4) is 0 Å². The predicted molar refractivity (Wildman–Crippen MR) is 99.7 cm³/mol. The Labute approximate surface area is 160 Å². The zero-order valence-corrected chi connectivity index (χ0v) is 16.8. The summed E-state index contributed by atoms with van der Waals surface area (Å²) in [4.78, 5) is 40.0. The number of urea groups is 1. The van der Waals surface area contributed by atoms with Crippen LogP contribution in [-0.2, 0) is 9.59 Å². The molecule has 8 heteroatoms. The number of nitrogens with one attached hydrogen (secondary N) is 1. The number of nitrogens with zero attached hydrogens (tertiary/aromatic N) is 3. The Morgan fingerprint density at radius 1 is 1.33 bits per heavy atom. The fraction of sp³-hybridized carbons (Fsp3) is 0.789. The van der Waals surface area contributed by atoms with Crippen molar-refractivity contribution in [3.63, 3.8) is 0 Å². The molecule has 1 fully saturated rings. The van der Waals surface area contributed by atoms with E-state index >= 15 is 0 Å². The molecule has 2 unspecified atom stereocenters. The first-order valence-corrected chi connectivity index (χ1v) is 9.10. The van der Waals surface area contributed by atoms with Crippen LogP contribution in [0.5, 0.6) is 0 Å². The third-order valence-electron chi connectivity index (χ3n) is 5.21. The second kappa shape index (κ2) is 8.53. The lowest BCUT2D eigenvalue weighted by Gasteiger charge is -2.45. The number of carbonyl (C=O) groups excluding carboxylic acids is 2. The number of rotatable bonds is 7. The number of isocyanates is 1. The number of hydrogen-bond acceptors (Lipinski definition) is 5. The summed E-state index contributed by atoms with van der Waals surface area (Å²) in [6.07, 6.45) is 3.95. The Balaban J connectivity index is 2.91. The SMILES string of the molecule is CC1(C)CC(N=C=O)CC(C)(CNC(=O)N(CCC#N)C(C)(C)C(=O)O)C1. The second-order valence-corrected chi connectivity index (χ2v) is 9.02. The summed E-state index contributed by atoms with van der Waals surface area (Å²) in [5.41, 5.74) is -1.75. The molecule has 1 aliphatic carbocycles. The highest BCUT2D eigenvalue weighted by Crippen LogP contribution is 2.46. The van der Waals surface area contributed by atoms with E-state index in [9.17, 15) is 19.5 Å². The number of aliphatic imine (C=N–C) groups is 1. The first-order chi connectivity index (χ1) is 12.4. The van der Waals surface area contributed by atoms with Crippen LogP contribution in [0, 0.1) is 22.2 Å². The number of hydrogen-bond donors (Lipinski definition) is 2. The lowest BCUT2D eigenvalue weighted by atomic mass is 9.63. The van der Waals surface area contributed by atoms with E-state index in [0.29, 0.717) is 13.0 Å². The van der Waals surface area contributed by atoms with E-state index < -0.39 is 17.5 Å². The maximum absolute atomic E-state index is 12.7. The van der Waals surface area contributed by atoms with E-state index in [2.05, 4.69) is 24.2 Å². The van der Waals surface area contributed by atoms with Gasteiger partial charge in [0.05, 0.1) is 18.5 Å². The highest BCUT2D eigenvalue weighted by Gasteiger charge is 2.43. The van der Waals surface area contributed by atoms with Gasteiger partial charge in [-0.3, -0.25) is 0 Å². The second-order valence-electron chi connectivity index (χ2n) is 9.02. The van der Waals surface area contributed by atoms with E-state index in [0.717, 1.165) is 12.8 Å². The third-order valence-corrected chi connectivity index (χ3v) is 5.21. The monoisotopic (exact) mass is 378 g/mol. The highest BCUT2D eigenvalue weighted by atomic mass is 16.4. The smallest absolute Gasteiger partial charge is 0.329 e. The molecule has 0 saturated heterocycles. The summed E-state index contributed by atoms with van der Waals surface area (Å²) in [5.74, 6) is -1.14. The van der Waals surface area contributed by atoms with Crippen molar-refractivity contribution < 1.29 is 19.5 Å². The minimum absolute atomic E-state index is 0.0297. The molecule has 8 nitrogen and oxygen atoms in total. The molecule has 2 N–H and O–H groups in total. The highest BCUT2D eigenvalue weighted by molar-refractivity contribution is 5.85. The molecule has 150 valence electrons. The van der Waals surface area contributed by atoms with Gasteiger partial charge in [-0.1, -0.05) is 20.8 Å². The summed E-state index contributed by atoms with van der Waals surface area (Å²) >= 11 is 0. The van der Waals surface area contributed by atoms with Crippen LogP contribution >= 0.6 is 0 Å². The molecule has 27 heavy (non-hydrogen) atoms. The van der Waals surface area contributed by atoms with E-state index in [-0.39, 0.29) is 29.8 Å². The predicted octanol–water partition coefficient (Wildman–Crippen LogP) is 2.70. The van der Waals surface area contributed by atoms with Crippen molar-refractivity contribution in [2.24, 2.45) is 15.8 Å². The molecule has 0 aliphatic heterocycles. The quantitative estimate of drug-likeness (QED) is 0.521. The first-order valence-electron chi connectivity index (χ1n) is 9.10. The molecule has 0 heterocycles. The molecule has 2 amide bonds. The van der Waals surface area contributed by atoms with Crippen molar-refractivity contribution in [1.82, 2.24) is 10.2 Å². The van der Waals surface area contributed by atoms with Crippen LogP contribution in [0.15, 0.2) is 4.99 Å². The van der Waals surface area contributed by atoms with Crippen molar-refractivity contribution in [1.29, 1.82) is 5.26 Å². The van der Waals surface area contributed by atoms with Gasteiger partial charge in [0.1, 0.15) is 5.54 Å². The van der Waals surface area contributed by atoms with Gasteiger partial charge >= 0.3 is 12.0 Å². The van der Waals surface area contributed by atoms with Crippen molar-refractivity contribution in [3.8, 4) is 6.07 Å². The Morgan fingerprint density at radius 2 is 1.96 bits per heavy atom. The van der Waals surface area contributed by atoms with Crippen LogP contribution in [0.25, 0.3) is 0 Å². The molecule has 0 bridgehead atoms. The number of nitriles is 1. The Morgan fingerprint density at radius 3 is 2.48 bits per heavy atom. The van der Waals surface area contributed by atoms with Crippen molar-refractivity contribution in [2.45, 2.75) is 71.9 Å². The summed E-state index contributed by atoms with van der Waals surface area (Å²) in [7, 11) is 0. The molecule has 0 aromatic carbocycles. The molecule has 0 aromatic heterocycles. The van der Waals surface area contributed by atoms with Gasteiger partial charge < -0.3 is 15.3 Å². The topological polar surface area (TPSA) is 123 Å². The Kier molecular flexibility index (Phi) is 7.16. The normalized spacial score (nSPS) is 24.2. The van der Waals surface area contributed by atoms with E-state index in [1.54, 1.807) is 6.08 Å². The average molecular weight is 378 g/mol. The lowest BCUT2D eigenvalue weighted by molar-refractivity contribution is -0.147.